The van der Waals surface area contributed by atoms with Crippen LogP contribution in [0.3, 0.4) is 0 Å². The van der Waals surface area contributed by atoms with Crippen molar-refractivity contribution in [3.63, 3.8) is 0 Å². The van der Waals surface area contributed by atoms with Gasteiger partial charge in [-0.15, -0.1) is 12.4 Å². The minimum absolute atomic E-state index is 0. The highest BCUT2D eigenvalue weighted by Crippen LogP contribution is 2.40. The molecule has 0 aromatic heterocycles. The second-order valence-corrected chi connectivity index (χ2v) is 4.28. The molecule has 0 spiro atoms. The van der Waals surface area contributed by atoms with Gasteiger partial charge in [-0.2, -0.15) is 0 Å². The largest absolute Gasteiger partial charge is 0.370 e. The number of rotatable bonds is 3. The van der Waals surface area contributed by atoms with Gasteiger partial charge in [0.1, 0.15) is 0 Å². The fourth-order valence-corrected chi connectivity index (χ4v) is 1.89. The molecule has 2 rings (SSSR count). The Bertz CT molecular complexity index is 416. The first-order valence-corrected chi connectivity index (χ1v) is 5.68. The van der Waals surface area contributed by atoms with Gasteiger partial charge in [0.25, 0.3) is 0 Å². The minimum atomic E-state index is -0.217. The van der Waals surface area contributed by atoms with Crippen LogP contribution in [0.15, 0.2) is 30.3 Å². The number of hydrogen-bond acceptors (Lipinski definition) is 2. The summed E-state index contributed by atoms with van der Waals surface area (Å²) in [5.41, 5.74) is 6.36. The van der Waals surface area contributed by atoms with Gasteiger partial charge >= 0.3 is 0 Å². The Morgan fingerprint density at radius 3 is 2.33 bits per heavy atom. The summed E-state index contributed by atoms with van der Waals surface area (Å²) in [7, 11) is 0. The summed E-state index contributed by atoms with van der Waals surface area (Å²) in [6, 6.07) is 10.2. The highest BCUT2D eigenvalue weighted by atomic mass is 35.5. The van der Waals surface area contributed by atoms with Gasteiger partial charge in [0.15, 0.2) is 11.9 Å². The van der Waals surface area contributed by atoms with Crippen LogP contribution in [0.25, 0.3) is 0 Å². The van der Waals surface area contributed by atoms with Crippen LogP contribution < -0.4 is 16.4 Å². The Labute approximate surface area is 113 Å². The van der Waals surface area contributed by atoms with Crippen LogP contribution >= 0.6 is 12.4 Å². The van der Waals surface area contributed by atoms with E-state index in [9.17, 15) is 0 Å². The van der Waals surface area contributed by atoms with E-state index in [0.29, 0.717) is 5.92 Å². The zero-order valence-corrected chi connectivity index (χ0v) is 10.8. The number of hydrogen-bond donors (Lipinski definition) is 5. The van der Waals surface area contributed by atoms with Crippen molar-refractivity contribution in [2.45, 2.75) is 18.9 Å². The summed E-state index contributed by atoms with van der Waals surface area (Å²) in [6.45, 7) is 0. The molecular weight excluding hydrogens is 250 g/mol. The molecule has 1 aliphatic carbocycles. The molecule has 0 aliphatic heterocycles. The molecule has 1 aromatic carbocycles. The van der Waals surface area contributed by atoms with E-state index in [1.54, 1.807) is 0 Å². The summed E-state index contributed by atoms with van der Waals surface area (Å²) in [5.74, 6) is 0.440. The third kappa shape index (κ3) is 3.92. The van der Waals surface area contributed by atoms with Crippen molar-refractivity contribution < 1.29 is 0 Å². The van der Waals surface area contributed by atoms with Crippen LogP contribution in [-0.2, 0) is 0 Å². The Morgan fingerprint density at radius 1 is 1.22 bits per heavy atom. The van der Waals surface area contributed by atoms with Crippen molar-refractivity contribution >= 4 is 24.3 Å². The van der Waals surface area contributed by atoms with Gasteiger partial charge in [-0.3, -0.25) is 16.1 Å². The lowest BCUT2D eigenvalue weighted by molar-refractivity contribution is 0.563. The Morgan fingerprint density at radius 2 is 1.83 bits per heavy atom. The van der Waals surface area contributed by atoms with Gasteiger partial charge in [0.05, 0.1) is 6.04 Å². The normalized spacial score (nSPS) is 15.1. The molecule has 1 saturated carbocycles. The van der Waals surface area contributed by atoms with Gasteiger partial charge in [0, 0.05) is 0 Å². The molecule has 1 fully saturated rings. The van der Waals surface area contributed by atoms with E-state index in [1.807, 2.05) is 18.2 Å². The SMILES string of the molecule is Cl.N=C(N)NC(=N)NC(c1ccccc1)C1CC1. The Hall–Kier alpha value is -1.75. The van der Waals surface area contributed by atoms with Gasteiger partial charge in [-0.1, -0.05) is 30.3 Å². The highest BCUT2D eigenvalue weighted by Gasteiger charge is 2.32. The molecule has 0 amide bonds. The lowest BCUT2D eigenvalue weighted by atomic mass is 10.0. The molecule has 1 atom stereocenters. The van der Waals surface area contributed by atoms with E-state index in [2.05, 4.69) is 22.8 Å². The molecule has 0 heterocycles. The number of guanidine groups is 2. The molecule has 0 bridgehead atoms. The maximum absolute atomic E-state index is 7.68. The quantitative estimate of drug-likeness (QED) is 0.425. The molecule has 1 aromatic rings. The summed E-state index contributed by atoms with van der Waals surface area (Å²) >= 11 is 0. The molecule has 0 radical (unpaired) electrons. The Kier molecular flexibility index (Phi) is 4.97. The lowest BCUT2D eigenvalue weighted by Gasteiger charge is -2.20. The molecule has 1 aliphatic rings. The fourth-order valence-electron chi connectivity index (χ4n) is 1.89. The second kappa shape index (κ2) is 6.26. The zero-order chi connectivity index (χ0) is 12.3. The predicted octanol–water partition coefficient (Wildman–Crippen LogP) is 1.57. The highest BCUT2D eigenvalue weighted by molar-refractivity contribution is 5.95. The number of nitrogens with one attached hydrogen (secondary N) is 4. The zero-order valence-electron chi connectivity index (χ0n) is 9.94. The van der Waals surface area contributed by atoms with Gasteiger partial charge in [-0.05, 0) is 24.3 Å². The van der Waals surface area contributed by atoms with Crippen LogP contribution in [0.5, 0.6) is 0 Å². The third-order valence-corrected chi connectivity index (χ3v) is 2.81. The van der Waals surface area contributed by atoms with E-state index in [1.165, 1.54) is 18.4 Å². The molecular formula is C12H18ClN5. The monoisotopic (exact) mass is 267 g/mol. The van der Waals surface area contributed by atoms with Crippen LogP contribution in [0, 0.1) is 16.7 Å². The van der Waals surface area contributed by atoms with Crippen molar-refractivity contribution in [1.29, 1.82) is 10.8 Å². The fraction of sp³-hybridized carbons (Fsp3) is 0.333. The maximum atomic E-state index is 7.68. The minimum Gasteiger partial charge on any atom is -0.370 e. The predicted molar refractivity (Wildman–Crippen MR) is 75.1 cm³/mol. The number of nitrogens with two attached hydrogens (primary N) is 1. The van der Waals surface area contributed by atoms with Gasteiger partial charge in [-0.25, -0.2) is 0 Å². The molecule has 0 saturated heterocycles. The standard InChI is InChI=1S/C12H17N5.ClH/c13-11(14)17-12(15)16-10(9-6-7-9)8-4-2-1-3-5-8;/h1-5,9-10H,6-7H2,(H6,13,14,15,16,17);1H. The van der Waals surface area contributed by atoms with Crippen molar-refractivity contribution in [2.24, 2.45) is 11.7 Å². The van der Waals surface area contributed by atoms with Gasteiger partial charge in [0.2, 0.25) is 0 Å². The van der Waals surface area contributed by atoms with Crippen molar-refractivity contribution in [1.82, 2.24) is 10.6 Å². The smallest absolute Gasteiger partial charge is 0.195 e. The summed E-state index contributed by atoms with van der Waals surface area (Å²) < 4.78 is 0. The first-order chi connectivity index (χ1) is 8.16. The second-order valence-electron chi connectivity index (χ2n) is 4.28. The molecule has 6 N–H and O–H groups in total. The summed E-state index contributed by atoms with van der Waals surface area (Å²) in [6.07, 6.45) is 2.36. The first kappa shape index (κ1) is 14.3. The van der Waals surface area contributed by atoms with Crippen molar-refractivity contribution in [3.05, 3.63) is 35.9 Å². The number of benzene rings is 1. The van der Waals surface area contributed by atoms with Crippen LogP contribution in [0.2, 0.25) is 0 Å². The maximum Gasteiger partial charge on any atom is 0.195 e. The van der Waals surface area contributed by atoms with Gasteiger partial charge < -0.3 is 11.1 Å². The Balaban J connectivity index is 0.00000162. The average molecular weight is 268 g/mol. The van der Waals surface area contributed by atoms with E-state index in [4.69, 9.17) is 16.6 Å². The topological polar surface area (TPSA) is 97.8 Å². The van der Waals surface area contributed by atoms with Crippen LogP contribution in [0.1, 0.15) is 24.4 Å². The van der Waals surface area contributed by atoms with Crippen LogP contribution in [-0.4, -0.2) is 11.9 Å². The molecule has 98 valence electrons. The average Bonchev–Trinajstić information content (AvgIpc) is 3.10. The first-order valence-electron chi connectivity index (χ1n) is 5.68. The van der Waals surface area contributed by atoms with E-state index < -0.39 is 0 Å². The molecule has 1 unspecified atom stereocenters. The molecule has 6 heteroatoms. The van der Waals surface area contributed by atoms with E-state index in [0.717, 1.165) is 0 Å². The van der Waals surface area contributed by atoms with Crippen molar-refractivity contribution in [3.8, 4) is 0 Å². The third-order valence-electron chi connectivity index (χ3n) is 2.81. The van der Waals surface area contributed by atoms with E-state index >= 15 is 0 Å². The number of halogens is 1. The summed E-state index contributed by atoms with van der Waals surface area (Å²) in [5, 5.41) is 20.3. The lowest BCUT2D eigenvalue weighted by Crippen LogP contribution is -2.45. The van der Waals surface area contributed by atoms with Crippen LogP contribution in [0.4, 0.5) is 0 Å². The molecule has 5 nitrogen and oxygen atoms in total. The van der Waals surface area contributed by atoms with Crippen molar-refractivity contribution in [2.75, 3.05) is 0 Å². The summed E-state index contributed by atoms with van der Waals surface area (Å²) in [4.78, 5) is 0. The van der Waals surface area contributed by atoms with E-state index in [-0.39, 0.29) is 30.4 Å². The molecule has 18 heavy (non-hydrogen) atoms.